The molecule has 1 heterocycles. The van der Waals surface area contributed by atoms with Crippen LogP contribution in [0.15, 0.2) is 0 Å². The van der Waals surface area contributed by atoms with Crippen molar-refractivity contribution in [3.63, 3.8) is 0 Å². The molecule has 0 saturated carbocycles. The molecule has 2 amide bonds. The summed E-state index contributed by atoms with van der Waals surface area (Å²) in [5.41, 5.74) is -0.753. The van der Waals surface area contributed by atoms with E-state index in [-0.39, 0.29) is 17.9 Å². The molecule has 0 spiro atoms. The molecule has 1 fully saturated rings. The van der Waals surface area contributed by atoms with Crippen LogP contribution in [0.2, 0.25) is 0 Å². The van der Waals surface area contributed by atoms with Crippen molar-refractivity contribution in [3.8, 4) is 0 Å². The topological polar surface area (TPSA) is 49.4 Å². The molecular weight excluding hydrogens is 204 g/mol. The summed E-state index contributed by atoms with van der Waals surface area (Å²) in [5, 5.41) is 2.78. The van der Waals surface area contributed by atoms with Crippen molar-refractivity contribution in [2.75, 3.05) is 6.54 Å². The quantitative estimate of drug-likeness (QED) is 0.785. The highest BCUT2D eigenvalue weighted by molar-refractivity contribution is 5.99. The number of rotatable bonds is 4. The highest BCUT2D eigenvalue weighted by Gasteiger charge is 2.43. The van der Waals surface area contributed by atoms with Gasteiger partial charge in [-0.15, -0.1) is 0 Å². The molecule has 1 rings (SSSR count). The third-order valence-electron chi connectivity index (χ3n) is 3.05. The average Bonchev–Trinajstić information content (AvgIpc) is 2.20. The van der Waals surface area contributed by atoms with Crippen LogP contribution in [0.3, 0.4) is 0 Å². The third-order valence-corrected chi connectivity index (χ3v) is 3.05. The molecule has 0 aromatic heterocycles. The number of unbranched alkanes of at least 4 members (excludes halogenated alkanes) is 1. The Bertz CT molecular complexity index is 287. The number of amides is 2. The highest BCUT2D eigenvalue weighted by atomic mass is 16.2. The molecule has 0 aliphatic carbocycles. The van der Waals surface area contributed by atoms with Gasteiger partial charge in [-0.1, -0.05) is 20.3 Å². The number of hydrogen-bond acceptors (Lipinski definition) is 2. The maximum atomic E-state index is 12.2. The summed E-state index contributed by atoms with van der Waals surface area (Å²) in [6.07, 6.45) is 2.66. The van der Waals surface area contributed by atoms with Gasteiger partial charge in [0.05, 0.1) is 0 Å². The van der Waals surface area contributed by atoms with Crippen LogP contribution >= 0.6 is 0 Å². The second-order valence-electron chi connectivity index (χ2n) is 4.89. The SMILES string of the molecule is CCCCN1C(=O)C(C)(C)NC(=O)C1CC. The van der Waals surface area contributed by atoms with E-state index < -0.39 is 5.54 Å². The van der Waals surface area contributed by atoms with Crippen LogP contribution in [0.25, 0.3) is 0 Å². The summed E-state index contributed by atoms with van der Waals surface area (Å²) in [6, 6.07) is -0.285. The van der Waals surface area contributed by atoms with Gasteiger partial charge in [-0.25, -0.2) is 0 Å². The van der Waals surface area contributed by atoms with Crippen molar-refractivity contribution in [3.05, 3.63) is 0 Å². The molecule has 1 aliphatic rings. The van der Waals surface area contributed by atoms with Gasteiger partial charge in [0.2, 0.25) is 11.8 Å². The van der Waals surface area contributed by atoms with E-state index in [2.05, 4.69) is 12.2 Å². The zero-order chi connectivity index (χ0) is 12.3. The van der Waals surface area contributed by atoms with E-state index in [0.29, 0.717) is 13.0 Å². The Balaban J connectivity index is 2.87. The van der Waals surface area contributed by atoms with E-state index in [4.69, 9.17) is 0 Å². The van der Waals surface area contributed by atoms with Gasteiger partial charge in [-0.3, -0.25) is 9.59 Å². The number of piperazine rings is 1. The smallest absolute Gasteiger partial charge is 0.248 e. The van der Waals surface area contributed by atoms with Gasteiger partial charge in [0, 0.05) is 6.54 Å². The molecule has 0 aromatic rings. The number of nitrogens with zero attached hydrogens (tertiary/aromatic N) is 1. The first kappa shape index (κ1) is 13.0. The van der Waals surface area contributed by atoms with Crippen molar-refractivity contribution >= 4 is 11.8 Å². The summed E-state index contributed by atoms with van der Waals surface area (Å²) in [5.74, 6) is 0.00982. The number of carbonyl (C=O) groups excluding carboxylic acids is 2. The Morgan fingerprint density at radius 3 is 2.44 bits per heavy atom. The summed E-state index contributed by atoms with van der Waals surface area (Å²) in [4.78, 5) is 25.8. The third kappa shape index (κ3) is 2.36. The first-order chi connectivity index (χ1) is 7.44. The summed E-state index contributed by atoms with van der Waals surface area (Å²) < 4.78 is 0. The fourth-order valence-electron chi connectivity index (χ4n) is 2.08. The maximum absolute atomic E-state index is 12.2. The van der Waals surface area contributed by atoms with Crippen molar-refractivity contribution in [1.29, 1.82) is 0 Å². The average molecular weight is 226 g/mol. The lowest BCUT2D eigenvalue weighted by Gasteiger charge is -2.42. The lowest BCUT2D eigenvalue weighted by Crippen LogP contribution is -2.68. The van der Waals surface area contributed by atoms with E-state index in [1.807, 2.05) is 6.92 Å². The van der Waals surface area contributed by atoms with Crippen LogP contribution in [0.1, 0.15) is 47.0 Å². The Hall–Kier alpha value is -1.06. The minimum atomic E-state index is -0.753. The zero-order valence-electron chi connectivity index (χ0n) is 10.7. The number of carbonyl (C=O) groups is 2. The fourth-order valence-corrected chi connectivity index (χ4v) is 2.08. The van der Waals surface area contributed by atoms with Gasteiger partial charge in [-0.05, 0) is 26.7 Å². The maximum Gasteiger partial charge on any atom is 0.248 e. The van der Waals surface area contributed by atoms with E-state index in [1.165, 1.54) is 0 Å². The van der Waals surface area contributed by atoms with Crippen molar-refractivity contribution in [2.45, 2.75) is 58.5 Å². The second-order valence-corrected chi connectivity index (χ2v) is 4.89. The molecule has 0 aromatic carbocycles. The molecule has 0 bridgehead atoms. The molecule has 4 nitrogen and oxygen atoms in total. The second kappa shape index (κ2) is 4.85. The summed E-state index contributed by atoms with van der Waals surface area (Å²) >= 11 is 0. The standard InChI is InChI=1S/C12H22N2O2/c1-5-7-8-14-9(6-2)10(15)13-12(3,4)11(14)16/h9H,5-8H2,1-4H3,(H,13,15). The monoisotopic (exact) mass is 226 g/mol. The van der Waals surface area contributed by atoms with Gasteiger partial charge in [-0.2, -0.15) is 0 Å². The Morgan fingerprint density at radius 1 is 1.31 bits per heavy atom. The molecule has 0 radical (unpaired) electrons. The predicted molar refractivity (Wildman–Crippen MR) is 62.9 cm³/mol. The molecule has 1 atom stereocenters. The Labute approximate surface area is 97.4 Å². The predicted octanol–water partition coefficient (Wildman–Crippen LogP) is 1.30. The minimum Gasteiger partial charge on any atom is -0.340 e. The van der Waals surface area contributed by atoms with E-state index >= 15 is 0 Å². The fraction of sp³-hybridized carbons (Fsp3) is 0.833. The van der Waals surface area contributed by atoms with Crippen LogP contribution in [0.5, 0.6) is 0 Å². The van der Waals surface area contributed by atoms with Gasteiger partial charge < -0.3 is 10.2 Å². The van der Waals surface area contributed by atoms with Crippen LogP contribution in [-0.4, -0.2) is 34.8 Å². The normalized spacial score (nSPS) is 24.5. The number of nitrogens with one attached hydrogen (secondary N) is 1. The lowest BCUT2D eigenvalue weighted by molar-refractivity contribution is -0.153. The Kier molecular flexibility index (Phi) is 3.94. The van der Waals surface area contributed by atoms with Crippen LogP contribution < -0.4 is 5.32 Å². The zero-order valence-corrected chi connectivity index (χ0v) is 10.7. The van der Waals surface area contributed by atoms with Crippen molar-refractivity contribution in [2.24, 2.45) is 0 Å². The first-order valence-corrected chi connectivity index (χ1v) is 6.07. The van der Waals surface area contributed by atoms with Crippen LogP contribution in [0.4, 0.5) is 0 Å². The Morgan fingerprint density at radius 2 is 1.94 bits per heavy atom. The van der Waals surface area contributed by atoms with E-state index in [1.54, 1.807) is 18.7 Å². The number of hydrogen-bond donors (Lipinski definition) is 1. The van der Waals surface area contributed by atoms with Gasteiger partial charge in [0.25, 0.3) is 0 Å². The minimum absolute atomic E-state index is 0.0248. The largest absolute Gasteiger partial charge is 0.340 e. The molecular formula is C12H22N2O2. The van der Waals surface area contributed by atoms with Gasteiger partial charge in [0.1, 0.15) is 11.6 Å². The van der Waals surface area contributed by atoms with Gasteiger partial charge in [0.15, 0.2) is 0 Å². The van der Waals surface area contributed by atoms with E-state index in [9.17, 15) is 9.59 Å². The summed E-state index contributed by atoms with van der Waals surface area (Å²) in [6.45, 7) is 8.23. The van der Waals surface area contributed by atoms with Gasteiger partial charge >= 0.3 is 0 Å². The molecule has 4 heteroatoms. The molecule has 1 unspecified atom stereocenters. The molecule has 16 heavy (non-hydrogen) atoms. The molecule has 1 N–H and O–H groups in total. The van der Waals surface area contributed by atoms with Crippen LogP contribution in [0, 0.1) is 0 Å². The van der Waals surface area contributed by atoms with Crippen molar-refractivity contribution < 1.29 is 9.59 Å². The van der Waals surface area contributed by atoms with Crippen LogP contribution in [-0.2, 0) is 9.59 Å². The summed E-state index contributed by atoms with van der Waals surface area (Å²) in [7, 11) is 0. The highest BCUT2D eigenvalue weighted by Crippen LogP contribution is 2.20. The first-order valence-electron chi connectivity index (χ1n) is 6.07. The molecule has 1 saturated heterocycles. The lowest BCUT2D eigenvalue weighted by atomic mass is 9.95. The van der Waals surface area contributed by atoms with E-state index in [0.717, 1.165) is 12.8 Å². The molecule has 92 valence electrons. The molecule has 1 aliphatic heterocycles. The van der Waals surface area contributed by atoms with Crippen molar-refractivity contribution in [1.82, 2.24) is 10.2 Å².